The van der Waals surface area contributed by atoms with Gasteiger partial charge >= 0.3 is 0 Å². The summed E-state index contributed by atoms with van der Waals surface area (Å²) in [5.41, 5.74) is 7.08. The fraction of sp³-hybridized carbons (Fsp3) is 0. The zero-order chi connectivity index (χ0) is 42.3. The molecule has 11 aromatic rings. The molecule has 2 N–H and O–H groups in total. The van der Waals surface area contributed by atoms with Crippen LogP contribution in [0.25, 0.3) is 110 Å². The van der Waals surface area contributed by atoms with E-state index in [2.05, 4.69) is 9.97 Å². The minimum absolute atomic E-state index is 0.331. The molecule has 0 aliphatic rings. The van der Waals surface area contributed by atoms with E-state index in [1.54, 1.807) is 48.8 Å². The summed E-state index contributed by atoms with van der Waals surface area (Å²) in [6.07, 6.45) is 3.38. The first-order chi connectivity index (χ1) is 29.9. The Morgan fingerprint density at radius 3 is 0.871 bits per heavy atom. The molecular formula is C48H28N6O6S2. The molecule has 0 bridgehead atoms. The molecule has 0 amide bonds. The van der Waals surface area contributed by atoms with Gasteiger partial charge in [0.05, 0.1) is 65.7 Å². The van der Waals surface area contributed by atoms with Gasteiger partial charge in [0.15, 0.2) is 0 Å². The Balaban J connectivity index is 1.06. The zero-order valence-electron chi connectivity index (χ0n) is 32.0. The normalized spacial score (nSPS) is 12.3. The van der Waals surface area contributed by atoms with Crippen LogP contribution >= 0.6 is 0 Å². The number of nitrogens with zero attached hydrogens (tertiary/aromatic N) is 6. The lowest BCUT2D eigenvalue weighted by atomic mass is 10.0. The second-order valence-corrected chi connectivity index (χ2v) is 17.7. The van der Waals surface area contributed by atoms with E-state index in [0.29, 0.717) is 78.1 Å². The van der Waals surface area contributed by atoms with Crippen LogP contribution in [0, 0.1) is 0 Å². The molecule has 0 aliphatic heterocycles. The number of rotatable bonds is 6. The van der Waals surface area contributed by atoms with Gasteiger partial charge in [-0.25, -0.2) is 19.9 Å². The van der Waals surface area contributed by atoms with Crippen molar-refractivity contribution in [2.24, 2.45) is 0 Å². The van der Waals surface area contributed by atoms with Crippen molar-refractivity contribution in [1.82, 2.24) is 29.9 Å². The molecule has 0 fully saturated rings. The molecule has 0 aliphatic carbocycles. The van der Waals surface area contributed by atoms with Crippen LogP contribution in [-0.4, -0.2) is 55.8 Å². The molecule has 0 atom stereocenters. The minimum atomic E-state index is -4.66. The van der Waals surface area contributed by atoms with Gasteiger partial charge < -0.3 is 0 Å². The molecule has 0 saturated carbocycles. The first kappa shape index (κ1) is 37.4. The molecule has 12 nitrogen and oxygen atoms in total. The lowest BCUT2D eigenvalue weighted by molar-refractivity contribution is 0.481. The number of hydrogen-bond acceptors (Lipinski definition) is 10. The van der Waals surface area contributed by atoms with Crippen LogP contribution < -0.4 is 0 Å². The highest BCUT2D eigenvalue weighted by Gasteiger charge is 2.19. The third-order valence-electron chi connectivity index (χ3n) is 11.0. The van der Waals surface area contributed by atoms with Crippen molar-refractivity contribution in [1.29, 1.82) is 0 Å². The Hall–Kier alpha value is -7.62. The first-order valence-corrected chi connectivity index (χ1v) is 22.1. The summed E-state index contributed by atoms with van der Waals surface area (Å²) >= 11 is 0. The Labute approximate surface area is 352 Å². The fourth-order valence-electron chi connectivity index (χ4n) is 7.95. The Bertz CT molecular complexity index is 3700. The van der Waals surface area contributed by atoms with E-state index in [4.69, 9.17) is 19.9 Å². The summed E-state index contributed by atoms with van der Waals surface area (Å²) in [5.74, 6) is 0. The van der Waals surface area contributed by atoms with Crippen molar-refractivity contribution < 1.29 is 25.9 Å². The van der Waals surface area contributed by atoms with Crippen molar-refractivity contribution in [3.63, 3.8) is 0 Å². The average molecular weight is 849 g/mol. The topological polar surface area (TPSA) is 186 Å². The summed E-state index contributed by atoms with van der Waals surface area (Å²) < 4.78 is 71.4. The van der Waals surface area contributed by atoms with E-state index in [-0.39, 0.29) is 9.79 Å². The van der Waals surface area contributed by atoms with Gasteiger partial charge in [-0.15, -0.1) is 0 Å². The molecule has 0 radical (unpaired) electrons. The molecule has 0 spiro atoms. The Morgan fingerprint density at radius 1 is 0.323 bits per heavy atom. The van der Waals surface area contributed by atoms with Gasteiger partial charge in [0.25, 0.3) is 20.2 Å². The number of fused-ring (bicyclic) bond motifs is 9. The van der Waals surface area contributed by atoms with E-state index in [1.807, 2.05) is 84.9 Å². The summed E-state index contributed by atoms with van der Waals surface area (Å²) in [6.45, 7) is 0. The highest BCUT2D eigenvalue weighted by molar-refractivity contribution is 7.86. The smallest absolute Gasteiger partial charge is 0.282 e. The first-order valence-electron chi connectivity index (χ1n) is 19.2. The van der Waals surface area contributed by atoms with Crippen molar-refractivity contribution in [3.8, 4) is 45.0 Å². The molecular weight excluding hydrogens is 821 g/mol. The van der Waals surface area contributed by atoms with E-state index < -0.39 is 20.2 Å². The number of hydrogen-bond donors (Lipinski definition) is 2. The van der Waals surface area contributed by atoms with Crippen LogP contribution in [0.2, 0.25) is 0 Å². The Kier molecular flexibility index (Phi) is 8.43. The van der Waals surface area contributed by atoms with Gasteiger partial charge in [0.1, 0.15) is 0 Å². The van der Waals surface area contributed by atoms with Crippen LogP contribution in [0.4, 0.5) is 0 Å². The van der Waals surface area contributed by atoms with Gasteiger partial charge in [-0.1, -0.05) is 72.8 Å². The van der Waals surface area contributed by atoms with Crippen molar-refractivity contribution in [3.05, 3.63) is 158 Å². The standard InChI is InChI=1S/C48H28N6O6S2/c55-61(56,57)37-23-33(39-15-11-29-7-5-27-3-1-19-49-43(27)45(29)51-39)21-35(25-37)41-17-13-31-9-10-32-14-18-42(54-48(32)47(31)53-41)36-22-34(24-38(26-36)62(58,59)60)40-16-12-30-8-6-28-4-2-20-50-44(28)46(30)52-40/h1-26H,(H,55,56,57)(H,58,59,60). The van der Waals surface area contributed by atoms with Crippen LogP contribution in [0.5, 0.6) is 0 Å². The van der Waals surface area contributed by atoms with Crippen molar-refractivity contribution in [2.45, 2.75) is 9.79 Å². The lowest BCUT2D eigenvalue weighted by Gasteiger charge is -2.12. The van der Waals surface area contributed by atoms with E-state index in [9.17, 15) is 25.9 Å². The van der Waals surface area contributed by atoms with Gasteiger partial charge in [-0.3, -0.25) is 19.1 Å². The largest absolute Gasteiger partial charge is 0.294 e. The maximum absolute atomic E-state index is 12.7. The predicted octanol–water partition coefficient (Wildman–Crippen LogP) is 10.1. The summed E-state index contributed by atoms with van der Waals surface area (Å²) in [7, 11) is -9.32. The van der Waals surface area contributed by atoms with E-state index in [1.165, 1.54) is 24.3 Å². The number of aromatic nitrogens is 6. The highest BCUT2D eigenvalue weighted by atomic mass is 32.2. The molecule has 62 heavy (non-hydrogen) atoms. The minimum Gasteiger partial charge on any atom is -0.282 e. The third kappa shape index (κ3) is 6.54. The zero-order valence-corrected chi connectivity index (χ0v) is 33.7. The molecule has 6 aromatic heterocycles. The van der Waals surface area contributed by atoms with Crippen LogP contribution in [0.15, 0.2) is 168 Å². The van der Waals surface area contributed by atoms with E-state index in [0.717, 1.165) is 32.3 Å². The average Bonchev–Trinajstić information content (AvgIpc) is 3.29. The van der Waals surface area contributed by atoms with Gasteiger partial charge in [0.2, 0.25) is 0 Å². The molecule has 0 saturated heterocycles. The highest BCUT2D eigenvalue weighted by Crippen LogP contribution is 2.35. The summed E-state index contributed by atoms with van der Waals surface area (Å²) in [5, 5.41) is 5.00. The van der Waals surface area contributed by atoms with Crippen molar-refractivity contribution in [2.75, 3.05) is 0 Å². The Morgan fingerprint density at radius 2 is 0.581 bits per heavy atom. The monoisotopic (exact) mass is 848 g/mol. The van der Waals surface area contributed by atoms with Crippen molar-refractivity contribution >= 4 is 85.7 Å². The van der Waals surface area contributed by atoms with Gasteiger partial charge in [-0.05, 0) is 72.8 Å². The molecule has 6 heterocycles. The second kappa shape index (κ2) is 14.0. The third-order valence-corrected chi connectivity index (χ3v) is 12.6. The van der Waals surface area contributed by atoms with Crippen LogP contribution in [0.1, 0.15) is 0 Å². The van der Waals surface area contributed by atoms with Crippen LogP contribution in [0.3, 0.4) is 0 Å². The van der Waals surface area contributed by atoms with Gasteiger partial charge in [0, 0.05) is 67.0 Å². The predicted molar refractivity (Wildman–Crippen MR) is 240 cm³/mol. The maximum atomic E-state index is 12.7. The number of benzene rings is 5. The quantitative estimate of drug-likeness (QED) is 0.119. The maximum Gasteiger partial charge on any atom is 0.294 e. The molecule has 5 aromatic carbocycles. The second-order valence-electron chi connectivity index (χ2n) is 14.9. The lowest BCUT2D eigenvalue weighted by Crippen LogP contribution is -2.00. The summed E-state index contributed by atoms with van der Waals surface area (Å²) in [4.78, 5) is 28.3. The number of pyridine rings is 6. The SMILES string of the molecule is O=S(=O)(O)c1cc(-c2ccc3ccc4cccnc4c3n2)cc(-c2ccc3ccc4ccc(-c5cc(-c6ccc7ccc8cccnc8c7n6)cc(S(=O)(=O)O)c5)nc4c3n2)c1. The molecule has 11 rings (SSSR count). The van der Waals surface area contributed by atoms with Crippen LogP contribution in [-0.2, 0) is 20.2 Å². The van der Waals surface area contributed by atoms with E-state index >= 15 is 0 Å². The fourth-order valence-corrected chi connectivity index (χ4v) is 9.05. The molecule has 0 unspecified atom stereocenters. The summed E-state index contributed by atoms with van der Waals surface area (Å²) in [6, 6.07) is 42.7. The van der Waals surface area contributed by atoms with Gasteiger partial charge in [-0.2, -0.15) is 16.8 Å². The molecule has 14 heteroatoms. The molecule has 298 valence electrons.